The summed E-state index contributed by atoms with van der Waals surface area (Å²) in [4.78, 5) is 2.42. The second kappa shape index (κ2) is 4.82. The third kappa shape index (κ3) is 2.20. The minimum absolute atomic E-state index is 0.356. The number of hydrogen-bond donors (Lipinski definition) is 1. The van der Waals surface area contributed by atoms with E-state index in [4.69, 9.17) is 5.73 Å². The van der Waals surface area contributed by atoms with Crippen molar-refractivity contribution in [1.29, 1.82) is 0 Å². The van der Waals surface area contributed by atoms with Crippen molar-refractivity contribution in [1.82, 2.24) is 9.78 Å². The molecule has 18 heavy (non-hydrogen) atoms. The Bertz CT molecular complexity index is 420. The van der Waals surface area contributed by atoms with E-state index < -0.39 is 0 Å². The van der Waals surface area contributed by atoms with E-state index in [2.05, 4.69) is 42.4 Å². The number of aromatic nitrogens is 2. The first-order valence-corrected chi connectivity index (χ1v) is 7.01. The first-order chi connectivity index (χ1) is 8.41. The van der Waals surface area contributed by atoms with Gasteiger partial charge in [-0.2, -0.15) is 5.10 Å². The highest BCUT2D eigenvalue weighted by molar-refractivity contribution is 5.66. The van der Waals surface area contributed by atoms with Crippen LogP contribution in [0.3, 0.4) is 0 Å². The highest BCUT2D eigenvalue weighted by atomic mass is 15.4. The molecule has 0 aromatic carbocycles. The van der Waals surface area contributed by atoms with Gasteiger partial charge in [0.1, 0.15) is 0 Å². The van der Waals surface area contributed by atoms with E-state index in [1.165, 1.54) is 6.42 Å². The third-order valence-corrected chi connectivity index (χ3v) is 4.06. The molecule has 102 valence electrons. The normalized spacial score (nSPS) is 20.4. The highest BCUT2D eigenvalue weighted by Gasteiger charge is 2.29. The lowest BCUT2D eigenvalue weighted by Crippen LogP contribution is -2.25. The molecule has 0 radical (unpaired) electrons. The average Bonchev–Trinajstić information content (AvgIpc) is 2.85. The molecule has 2 rings (SSSR count). The molecule has 0 saturated carbocycles. The first-order valence-electron chi connectivity index (χ1n) is 7.01. The summed E-state index contributed by atoms with van der Waals surface area (Å²) in [6.45, 7) is 13.1. The minimum Gasteiger partial charge on any atom is -0.394 e. The van der Waals surface area contributed by atoms with Crippen molar-refractivity contribution in [3.8, 4) is 0 Å². The number of nitrogens with zero attached hydrogens (tertiary/aromatic N) is 3. The molecule has 1 fully saturated rings. The molecule has 0 spiro atoms. The lowest BCUT2D eigenvalue weighted by atomic mass is 9.95. The van der Waals surface area contributed by atoms with E-state index in [9.17, 15) is 0 Å². The summed E-state index contributed by atoms with van der Waals surface area (Å²) in [5.41, 5.74) is 8.02. The number of rotatable bonds is 3. The molecule has 1 atom stereocenters. The summed E-state index contributed by atoms with van der Waals surface area (Å²) in [7, 11) is 0. The molecule has 1 aromatic rings. The van der Waals surface area contributed by atoms with Gasteiger partial charge in [-0.3, -0.25) is 0 Å². The van der Waals surface area contributed by atoms with Gasteiger partial charge in [-0.1, -0.05) is 13.8 Å². The Morgan fingerprint density at radius 1 is 1.28 bits per heavy atom. The molecule has 0 aliphatic carbocycles. The van der Waals surface area contributed by atoms with Crippen molar-refractivity contribution in [3.63, 3.8) is 0 Å². The topological polar surface area (TPSA) is 47.1 Å². The lowest BCUT2D eigenvalue weighted by molar-refractivity contribution is 0.421. The van der Waals surface area contributed by atoms with Crippen LogP contribution in [0.1, 0.15) is 45.9 Å². The third-order valence-electron chi connectivity index (χ3n) is 4.06. The summed E-state index contributed by atoms with van der Waals surface area (Å²) in [6.07, 6.45) is 1.26. The van der Waals surface area contributed by atoms with Gasteiger partial charge in [-0.25, -0.2) is 4.68 Å². The lowest BCUT2D eigenvalue weighted by Gasteiger charge is -2.23. The van der Waals surface area contributed by atoms with E-state index in [1.54, 1.807) is 0 Å². The fraction of sp³-hybridized carbons (Fsp3) is 0.786. The van der Waals surface area contributed by atoms with Gasteiger partial charge in [0.05, 0.1) is 11.4 Å². The van der Waals surface area contributed by atoms with Gasteiger partial charge >= 0.3 is 0 Å². The second-order valence-corrected chi connectivity index (χ2v) is 6.10. The number of hydrogen-bond acceptors (Lipinski definition) is 3. The SMILES string of the molecule is Cc1nn(C(C)C)c(N2CCC(C(C)C)C2)c1N. The minimum atomic E-state index is 0.356. The van der Waals surface area contributed by atoms with Crippen molar-refractivity contribution < 1.29 is 0 Å². The van der Waals surface area contributed by atoms with Crippen molar-refractivity contribution in [2.75, 3.05) is 23.7 Å². The van der Waals surface area contributed by atoms with Crippen LogP contribution in [0.15, 0.2) is 0 Å². The fourth-order valence-electron chi connectivity index (χ4n) is 2.75. The van der Waals surface area contributed by atoms with Gasteiger partial charge in [0.15, 0.2) is 5.82 Å². The molecule has 2 heterocycles. The average molecular weight is 250 g/mol. The smallest absolute Gasteiger partial charge is 0.150 e. The maximum atomic E-state index is 6.22. The number of nitrogen functional groups attached to an aromatic ring is 1. The van der Waals surface area contributed by atoms with Gasteiger partial charge in [-0.05, 0) is 39.0 Å². The van der Waals surface area contributed by atoms with Gasteiger partial charge < -0.3 is 10.6 Å². The maximum absolute atomic E-state index is 6.22. The summed E-state index contributed by atoms with van der Waals surface area (Å²) in [6, 6.07) is 0.356. The Kier molecular flexibility index (Phi) is 3.55. The Labute approximate surface area is 110 Å². The summed E-state index contributed by atoms with van der Waals surface area (Å²) >= 11 is 0. The Morgan fingerprint density at radius 2 is 1.94 bits per heavy atom. The van der Waals surface area contributed by atoms with Gasteiger partial charge in [0, 0.05) is 19.1 Å². The van der Waals surface area contributed by atoms with Crippen molar-refractivity contribution >= 4 is 11.5 Å². The molecular formula is C14H26N4. The number of anilines is 2. The van der Waals surface area contributed by atoms with Crippen molar-refractivity contribution in [2.24, 2.45) is 11.8 Å². The van der Waals surface area contributed by atoms with E-state index in [0.29, 0.717) is 6.04 Å². The molecule has 2 N–H and O–H groups in total. The quantitative estimate of drug-likeness (QED) is 0.897. The molecule has 4 heteroatoms. The van der Waals surface area contributed by atoms with E-state index in [0.717, 1.165) is 42.1 Å². The molecule has 0 amide bonds. The molecule has 1 saturated heterocycles. The van der Waals surface area contributed by atoms with E-state index in [1.807, 2.05) is 6.92 Å². The van der Waals surface area contributed by atoms with Crippen molar-refractivity contribution in [2.45, 2.75) is 47.1 Å². The summed E-state index contributed by atoms with van der Waals surface area (Å²) < 4.78 is 2.08. The zero-order valence-corrected chi connectivity index (χ0v) is 12.3. The van der Waals surface area contributed by atoms with Gasteiger partial charge in [0.25, 0.3) is 0 Å². The summed E-state index contributed by atoms with van der Waals surface area (Å²) in [5, 5.41) is 4.57. The highest BCUT2D eigenvalue weighted by Crippen LogP contribution is 2.34. The van der Waals surface area contributed by atoms with Gasteiger partial charge in [-0.15, -0.1) is 0 Å². The van der Waals surface area contributed by atoms with Crippen LogP contribution in [-0.2, 0) is 0 Å². The van der Waals surface area contributed by atoms with Gasteiger partial charge in [0.2, 0.25) is 0 Å². The monoisotopic (exact) mass is 250 g/mol. The molecule has 4 nitrogen and oxygen atoms in total. The predicted molar refractivity (Wildman–Crippen MR) is 76.9 cm³/mol. The zero-order valence-electron chi connectivity index (χ0n) is 12.3. The molecule has 1 unspecified atom stereocenters. The van der Waals surface area contributed by atoms with Crippen LogP contribution < -0.4 is 10.6 Å². The first kappa shape index (κ1) is 13.2. The number of aryl methyl sites for hydroxylation is 1. The Balaban J connectivity index is 2.29. The van der Waals surface area contributed by atoms with Crippen LogP contribution >= 0.6 is 0 Å². The Morgan fingerprint density at radius 3 is 2.44 bits per heavy atom. The van der Waals surface area contributed by atoms with Crippen molar-refractivity contribution in [3.05, 3.63) is 5.69 Å². The van der Waals surface area contributed by atoms with E-state index >= 15 is 0 Å². The standard InChI is InChI=1S/C14H26N4/c1-9(2)12-6-7-17(8-12)14-13(15)11(5)16-18(14)10(3)4/h9-10,12H,6-8,15H2,1-5H3. The van der Waals surface area contributed by atoms with Crippen LogP contribution in [0.4, 0.5) is 11.5 Å². The van der Waals surface area contributed by atoms with Crippen LogP contribution in [-0.4, -0.2) is 22.9 Å². The van der Waals surface area contributed by atoms with Crippen LogP contribution in [0, 0.1) is 18.8 Å². The zero-order chi connectivity index (χ0) is 13.4. The Hall–Kier alpha value is -1.19. The molecule has 1 aliphatic rings. The van der Waals surface area contributed by atoms with E-state index in [-0.39, 0.29) is 0 Å². The second-order valence-electron chi connectivity index (χ2n) is 6.10. The summed E-state index contributed by atoms with van der Waals surface area (Å²) in [5.74, 6) is 2.65. The largest absolute Gasteiger partial charge is 0.394 e. The maximum Gasteiger partial charge on any atom is 0.150 e. The van der Waals surface area contributed by atoms with Crippen LogP contribution in [0.5, 0.6) is 0 Å². The molecule has 1 aromatic heterocycles. The fourth-order valence-corrected chi connectivity index (χ4v) is 2.75. The number of nitrogens with two attached hydrogens (primary N) is 1. The van der Waals surface area contributed by atoms with Crippen LogP contribution in [0.2, 0.25) is 0 Å². The molecule has 1 aliphatic heterocycles. The molecular weight excluding hydrogens is 224 g/mol. The predicted octanol–water partition coefficient (Wildman–Crippen LogP) is 2.84. The van der Waals surface area contributed by atoms with Crippen LogP contribution in [0.25, 0.3) is 0 Å². The molecule has 0 bridgehead atoms.